The highest BCUT2D eigenvalue weighted by atomic mass is 32.1. The smallest absolute Gasteiger partial charge is 0.341 e. The van der Waals surface area contributed by atoms with E-state index in [0.717, 1.165) is 0 Å². The van der Waals surface area contributed by atoms with Crippen LogP contribution in [0.1, 0.15) is 0 Å². The summed E-state index contributed by atoms with van der Waals surface area (Å²) in [4.78, 5) is 34.4. The van der Waals surface area contributed by atoms with Gasteiger partial charge < -0.3 is 19.7 Å². The molecular weight excluding hydrogens is 348 g/mol. The van der Waals surface area contributed by atoms with Gasteiger partial charge in [-0.25, -0.2) is 9.59 Å². The van der Waals surface area contributed by atoms with Crippen LogP contribution in [0.2, 0.25) is 0 Å². The van der Waals surface area contributed by atoms with E-state index in [2.05, 4.69) is 0 Å². The summed E-state index contributed by atoms with van der Waals surface area (Å²) < 4.78 is 11.6. The number of aliphatic carboxylic acids is 2. The normalized spacial score (nSPS) is 10.7. The number of carbonyl (C=O) groups is 2. The van der Waals surface area contributed by atoms with E-state index in [9.17, 15) is 14.4 Å². The number of benzene rings is 2. The highest BCUT2D eigenvalue weighted by Gasteiger charge is 2.16. The quantitative estimate of drug-likeness (QED) is 0.649. The molecule has 1 aromatic heterocycles. The van der Waals surface area contributed by atoms with Gasteiger partial charge in [-0.2, -0.15) is 0 Å². The molecule has 0 bridgehead atoms. The maximum absolute atomic E-state index is 12.9. The molecule has 2 aromatic carbocycles. The zero-order chi connectivity index (χ0) is 18.0. The van der Waals surface area contributed by atoms with Crippen molar-refractivity contribution in [3.05, 3.63) is 46.6 Å². The van der Waals surface area contributed by atoms with Crippen molar-refractivity contribution in [3.8, 4) is 11.5 Å². The number of rotatable bonds is 6. The van der Waals surface area contributed by atoms with Crippen molar-refractivity contribution >= 4 is 43.4 Å². The van der Waals surface area contributed by atoms with Crippen LogP contribution in [0.5, 0.6) is 11.5 Å². The fourth-order valence-electron chi connectivity index (χ4n) is 2.36. The fraction of sp³-hybridized carbons (Fsp3) is 0.118. The summed E-state index contributed by atoms with van der Waals surface area (Å²) in [6.07, 6.45) is 0. The second-order valence-electron chi connectivity index (χ2n) is 5.06. The molecule has 0 radical (unpaired) electrons. The first-order valence-corrected chi connectivity index (χ1v) is 7.97. The molecule has 25 heavy (non-hydrogen) atoms. The molecule has 0 spiro atoms. The van der Waals surface area contributed by atoms with Gasteiger partial charge in [0, 0.05) is 10.1 Å². The fourth-order valence-corrected chi connectivity index (χ4v) is 3.52. The number of ether oxygens (including phenoxy) is 2. The summed E-state index contributed by atoms with van der Waals surface area (Å²) in [5.41, 5.74) is -0.328. The third-order valence-electron chi connectivity index (χ3n) is 3.36. The molecule has 0 saturated carbocycles. The lowest BCUT2D eigenvalue weighted by Crippen LogP contribution is -2.13. The summed E-state index contributed by atoms with van der Waals surface area (Å²) in [5, 5.41) is 18.2. The summed E-state index contributed by atoms with van der Waals surface area (Å²) in [5.74, 6) is -1.97. The lowest BCUT2D eigenvalue weighted by Gasteiger charge is -2.12. The predicted octanol–water partition coefficient (Wildman–Crippen LogP) is 2.34. The van der Waals surface area contributed by atoms with Crippen molar-refractivity contribution in [2.75, 3.05) is 13.2 Å². The highest BCUT2D eigenvalue weighted by Crippen LogP contribution is 2.37. The molecule has 3 aromatic rings. The third-order valence-corrected chi connectivity index (χ3v) is 4.54. The van der Waals surface area contributed by atoms with Crippen LogP contribution in [0.3, 0.4) is 0 Å². The van der Waals surface area contributed by atoms with Crippen molar-refractivity contribution in [3.63, 3.8) is 0 Å². The first-order chi connectivity index (χ1) is 12.0. The molecular formula is C17H12O7S. The zero-order valence-electron chi connectivity index (χ0n) is 12.7. The highest BCUT2D eigenvalue weighted by molar-refractivity contribution is 7.25. The van der Waals surface area contributed by atoms with Crippen molar-refractivity contribution in [1.82, 2.24) is 0 Å². The number of hydrogen-bond donors (Lipinski definition) is 2. The van der Waals surface area contributed by atoms with Crippen molar-refractivity contribution < 1.29 is 29.3 Å². The lowest BCUT2D eigenvalue weighted by molar-refractivity contribution is -0.140. The minimum Gasteiger partial charge on any atom is -0.481 e. The van der Waals surface area contributed by atoms with Crippen molar-refractivity contribution in [2.24, 2.45) is 0 Å². The van der Waals surface area contributed by atoms with Gasteiger partial charge in [-0.3, -0.25) is 4.79 Å². The van der Waals surface area contributed by atoms with Gasteiger partial charge in [0.25, 0.3) is 0 Å². The number of hydrogen-bond acceptors (Lipinski definition) is 6. The van der Waals surface area contributed by atoms with Crippen molar-refractivity contribution in [1.29, 1.82) is 0 Å². The van der Waals surface area contributed by atoms with E-state index in [-0.39, 0.29) is 22.3 Å². The molecule has 0 aliphatic carbocycles. The van der Waals surface area contributed by atoms with Gasteiger partial charge >= 0.3 is 11.9 Å². The Balaban J connectivity index is 2.26. The van der Waals surface area contributed by atoms with Gasteiger partial charge in [0.05, 0.1) is 10.1 Å². The topological polar surface area (TPSA) is 110 Å². The minimum atomic E-state index is -1.17. The Bertz CT molecular complexity index is 1040. The van der Waals surface area contributed by atoms with Gasteiger partial charge in [0.15, 0.2) is 18.6 Å². The molecule has 7 nitrogen and oxygen atoms in total. The average Bonchev–Trinajstić information content (AvgIpc) is 2.58. The molecule has 0 atom stereocenters. The van der Waals surface area contributed by atoms with E-state index in [0.29, 0.717) is 14.8 Å². The predicted molar refractivity (Wildman–Crippen MR) is 91.9 cm³/mol. The Labute approximate surface area is 144 Å². The molecule has 1 heterocycles. The first kappa shape index (κ1) is 16.7. The minimum absolute atomic E-state index is 0.118. The molecule has 2 N–H and O–H groups in total. The number of carboxylic acid groups (broad SMARTS) is 2. The van der Waals surface area contributed by atoms with E-state index in [4.69, 9.17) is 19.7 Å². The summed E-state index contributed by atoms with van der Waals surface area (Å²) >= 11 is 1.25. The zero-order valence-corrected chi connectivity index (χ0v) is 13.5. The van der Waals surface area contributed by atoms with Gasteiger partial charge in [-0.1, -0.05) is 12.1 Å². The third kappa shape index (κ3) is 3.38. The maximum Gasteiger partial charge on any atom is 0.341 e. The number of fused-ring (bicyclic) bond motifs is 2. The van der Waals surface area contributed by atoms with Crippen LogP contribution in [0.15, 0.2) is 41.2 Å². The molecule has 8 heteroatoms. The van der Waals surface area contributed by atoms with E-state index in [1.165, 1.54) is 23.5 Å². The SMILES string of the molecule is O=C(O)COc1ccc(OCC(=O)O)c2c(=O)c3ccccc3sc12. The standard InChI is InChI=1S/C17H12O7S/c18-13(19)7-23-10-5-6-11(24-8-14(20)21)17-15(10)16(22)9-3-1-2-4-12(9)25-17/h1-6H,7-8H2,(H,18,19)(H,20,21). The van der Waals surface area contributed by atoms with Gasteiger partial charge in [0.2, 0.25) is 0 Å². The molecule has 0 aliphatic heterocycles. The Kier molecular flexibility index (Phi) is 4.53. The Morgan fingerprint density at radius 2 is 1.52 bits per heavy atom. The maximum atomic E-state index is 12.9. The van der Waals surface area contributed by atoms with Gasteiger partial charge in [-0.15, -0.1) is 11.3 Å². The largest absolute Gasteiger partial charge is 0.481 e. The summed E-state index contributed by atoms with van der Waals surface area (Å²) in [6.45, 7) is -1.15. The van der Waals surface area contributed by atoms with Gasteiger partial charge in [0.1, 0.15) is 11.5 Å². The molecule has 0 amide bonds. The number of carboxylic acids is 2. The average molecular weight is 360 g/mol. The van der Waals surface area contributed by atoms with Crippen LogP contribution < -0.4 is 14.9 Å². The molecule has 3 rings (SSSR count). The summed E-state index contributed by atoms with van der Waals surface area (Å²) in [6, 6.07) is 9.82. The van der Waals surface area contributed by atoms with Crippen LogP contribution in [0, 0.1) is 0 Å². The van der Waals surface area contributed by atoms with E-state index in [1.807, 2.05) is 0 Å². The Morgan fingerprint density at radius 1 is 0.920 bits per heavy atom. The summed E-state index contributed by atoms with van der Waals surface area (Å²) in [7, 11) is 0. The molecule has 0 saturated heterocycles. The second-order valence-corrected chi connectivity index (χ2v) is 6.11. The lowest BCUT2D eigenvalue weighted by atomic mass is 10.1. The van der Waals surface area contributed by atoms with E-state index >= 15 is 0 Å². The first-order valence-electron chi connectivity index (χ1n) is 7.15. The van der Waals surface area contributed by atoms with E-state index < -0.39 is 25.2 Å². The Morgan fingerprint density at radius 3 is 2.20 bits per heavy atom. The molecule has 128 valence electrons. The monoisotopic (exact) mass is 360 g/mol. The van der Waals surface area contributed by atoms with E-state index in [1.54, 1.807) is 24.3 Å². The van der Waals surface area contributed by atoms with Crippen LogP contribution >= 0.6 is 11.3 Å². The van der Waals surface area contributed by atoms with Crippen LogP contribution in [0.25, 0.3) is 20.2 Å². The Hall–Kier alpha value is -3.13. The van der Waals surface area contributed by atoms with Gasteiger partial charge in [-0.05, 0) is 24.3 Å². The molecule has 0 aliphatic rings. The van der Waals surface area contributed by atoms with Crippen LogP contribution in [-0.4, -0.2) is 35.4 Å². The molecule has 0 unspecified atom stereocenters. The molecule has 0 fully saturated rings. The van der Waals surface area contributed by atoms with Crippen molar-refractivity contribution in [2.45, 2.75) is 0 Å². The van der Waals surface area contributed by atoms with Crippen LogP contribution in [-0.2, 0) is 9.59 Å². The second kappa shape index (κ2) is 6.78. The van der Waals surface area contributed by atoms with Crippen LogP contribution in [0.4, 0.5) is 0 Å².